The average molecular weight is 397 g/mol. The lowest BCUT2D eigenvalue weighted by Gasteiger charge is -2.44. The molecule has 0 spiro atoms. The third-order valence-corrected chi connectivity index (χ3v) is 7.38. The number of hydrogen-bond donors (Lipinski definition) is 1. The Bertz CT molecular complexity index is 789. The molecule has 1 aromatic heterocycles. The van der Waals surface area contributed by atoms with E-state index in [0.29, 0.717) is 10.8 Å². The molecular formula is C18H18ClFN2OS2. The number of nitrogens with zero attached hydrogens (tertiary/aromatic N) is 1. The molecule has 7 heteroatoms. The zero-order chi connectivity index (χ0) is 17.4. The third-order valence-electron chi connectivity index (χ3n) is 4.89. The summed E-state index contributed by atoms with van der Waals surface area (Å²) in [6, 6.07) is 8.71. The van der Waals surface area contributed by atoms with Crippen molar-refractivity contribution in [1.82, 2.24) is 10.2 Å². The number of carbonyl (C=O) groups is 1. The molecule has 3 fully saturated rings. The van der Waals surface area contributed by atoms with E-state index in [4.69, 9.17) is 11.6 Å². The molecule has 0 unspecified atom stereocenters. The van der Waals surface area contributed by atoms with Crippen molar-refractivity contribution in [2.45, 2.75) is 28.0 Å². The van der Waals surface area contributed by atoms with Crippen LogP contribution < -0.4 is 5.32 Å². The van der Waals surface area contributed by atoms with Crippen LogP contribution in [0.15, 0.2) is 39.4 Å². The molecule has 0 saturated carbocycles. The van der Waals surface area contributed by atoms with E-state index in [1.54, 1.807) is 12.1 Å². The number of amides is 1. The van der Waals surface area contributed by atoms with Gasteiger partial charge in [0.2, 0.25) is 0 Å². The van der Waals surface area contributed by atoms with E-state index >= 15 is 0 Å². The molecule has 1 aromatic carbocycles. The van der Waals surface area contributed by atoms with Gasteiger partial charge in [-0.05, 0) is 62.2 Å². The van der Waals surface area contributed by atoms with Gasteiger partial charge in [-0.15, -0.1) is 11.3 Å². The van der Waals surface area contributed by atoms with Crippen LogP contribution >= 0.6 is 34.7 Å². The van der Waals surface area contributed by atoms with Crippen LogP contribution in [0.5, 0.6) is 0 Å². The maximum absolute atomic E-state index is 13.2. The van der Waals surface area contributed by atoms with E-state index in [-0.39, 0.29) is 17.0 Å². The van der Waals surface area contributed by atoms with Gasteiger partial charge < -0.3 is 10.2 Å². The van der Waals surface area contributed by atoms with Crippen LogP contribution in [0.1, 0.15) is 22.5 Å². The lowest BCUT2D eigenvalue weighted by molar-refractivity contribution is 0.0622. The molecule has 1 atom stereocenters. The van der Waals surface area contributed by atoms with E-state index < -0.39 is 5.82 Å². The Hall–Kier alpha value is -1.08. The Morgan fingerprint density at radius 1 is 1.28 bits per heavy atom. The molecule has 1 N–H and O–H groups in total. The van der Waals surface area contributed by atoms with Gasteiger partial charge in [0.25, 0.3) is 5.91 Å². The number of thiophene rings is 1. The predicted octanol–water partition coefficient (Wildman–Crippen LogP) is 4.52. The molecule has 0 radical (unpaired) electrons. The summed E-state index contributed by atoms with van der Waals surface area (Å²) >= 11 is 8.76. The third kappa shape index (κ3) is 3.87. The first-order chi connectivity index (χ1) is 12.1. The van der Waals surface area contributed by atoms with Crippen molar-refractivity contribution < 1.29 is 9.18 Å². The maximum atomic E-state index is 13.2. The van der Waals surface area contributed by atoms with Crippen molar-refractivity contribution in [2.75, 3.05) is 19.6 Å². The van der Waals surface area contributed by atoms with Gasteiger partial charge in [-0.25, -0.2) is 4.39 Å². The van der Waals surface area contributed by atoms with Gasteiger partial charge in [0, 0.05) is 17.5 Å². The fraction of sp³-hybridized carbons (Fsp3) is 0.389. The average Bonchev–Trinajstić information content (AvgIpc) is 3.08. The van der Waals surface area contributed by atoms with Crippen molar-refractivity contribution in [3.8, 4) is 0 Å². The summed E-state index contributed by atoms with van der Waals surface area (Å²) in [5.41, 5.74) is 0. The van der Waals surface area contributed by atoms with Gasteiger partial charge in [-0.3, -0.25) is 4.79 Å². The minimum Gasteiger partial charge on any atom is -0.347 e. The minimum absolute atomic E-state index is 0.00717. The van der Waals surface area contributed by atoms with Crippen LogP contribution in [0.2, 0.25) is 5.02 Å². The number of hydrogen-bond acceptors (Lipinski definition) is 4. The second-order valence-electron chi connectivity index (χ2n) is 6.51. The standard InChI is InChI=1S/C18H18ClFN2OS2/c19-13-9-12(1-2-14(13)20)24-17-4-3-16(25-17)18(23)21-15-10-22-7-5-11(15)6-8-22/h1-4,9,11,15H,5-8,10H2,(H,21,23)/t15-/m0/s1. The fourth-order valence-corrected chi connectivity index (χ4v) is 5.81. The zero-order valence-electron chi connectivity index (χ0n) is 13.5. The van der Waals surface area contributed by atoms with Crippen LogP contribution in [-0.4, -0.2) is 36.5 Å². The maximum Gasteiger partial charge on any atom is 0.261 e. The highest BCUT2D eigenvalue weighted by molar-refractivity contribution is 8.01. The summed E-state index contributed by atoms with van der Waals surface area (Å²) in [6.45, 7) is 3.30. The van der Waals surface area contributed by atoms with Gasteiger partial charge in [0.15, 0.2) is 0 Å². The van der Waals surface area contributed by atoms with Crippen molar-refractivity contribution in [1.29, 1.82) is 0 Å². The van der Waals surface area contributed by atoms with Crippen LogP contribution in [0.25, 0.3) is 0 Å². The van der Waals surface area contributed by atoms with E-state index in [1.165, 1.54) is 42.0 Å². The summed E-state index contributed by atoms with van der Waals surface area (Å²) in [4.78, 5) is 16.6. The van der Waals surface area contributed by atoms with Crippen molar-refractivity contribution in [3.05, 3.63) is 46.0 Å². The van der Waals surface area contributed by atoms with Crippen LogP contribution in [0, 0.1) is 11.7 Å². The number of fused-ring (bicyclic) bond motifs is 3. The van der Waals surface area contributed by atoms with E-state index in [1.807, 2.05) is 12.1 Å². The Morgan fingerprint density at radius 2 is 2.08 bits per heavy atom. The summed E-state index contributed by atoms with van der Waals surface area (Å²) in [7, 11) is 0. The summed E-state index contributed by atoms with van der Waals surface area (Å²) in [5.74, 6) is 0.201. The number of carbonyl (C=O) groups excluding carboxylic acids is 1. The Morgan fingerprint density at radius 3 is 2.76 bits per heavy atom. The number of rotatable bonds is 4. The monoisotopic (exact) mass is 396 g/mol. The highest BCUT2D eigenvalue weighted by Gasteiger charge is 2.35. The quantitative estimate of drug-likeness (QED) is 0.824. The second kappa shape index (κ2) is 7.27. The Labute approximate surface area is 159 Å². The summed E-state index contributed by atoms with van der Waals surface area (Å²) in [6.07, 6.45) is 2.36. The molecule has 4 heterocycles. The van der Waals surface area contributed by atoms with E-state index in [2.05, 4.69) is 10.2 Å². The van der Waals surface area contributed by atoms with Gasteiger partial charge in [-0.1, -0.05) is 23.4 Å². The molecular weight excluding hydrogens is 379 g/mol. The smallest absolute Gasteiger partial charge is 0.261 e. The SMILES string of the molecule is O=C(N[C@H]1CN2CCC1CC2)c1ccc(Sc2ccc(F)c(Cl)c2)s1. The van der Waals surface area contributed by atoms with E-state index in [0.717, 1.165) is 28.7 Å². The Balaban J connectivity index is 1.40. The van der Waals surface area contributed by atoms with Crippen LogP contribution in [-0.2, 0) is 0 Å². The molecule has 3 saturated heterocycles. The first kappa shape index (κ1) is 17.3. The predicted molar refractivity (Wildman–Crippen MR) is 100 cm³/mol. The molecule has 2 bridgehead atoms. The fourth-order valence-electron chi connectivity index (χ4n) is 3.52. The van der Waals surface area contributed by atoms with Crippen LogP contribution in [0.4, 0.5) is 4.39 Å². The molecule has 5 rings (SSSR count). The van der Waals surface area contributed by atoms with Crippen LogP contribution in [0.3, 0.4) is 0 Å². The first-order valence-corrected chi connectivity index (χ1v) is 10.4. The number of benzene rings is 1. The summed E-state index contributed by atoms with van der Waals surface area (Å²) in [5, 5.41) is 3.32. The van der Waals surface area contributed by atoms with Crippen molar-refractivity contribution >= 4 is 40.6 Å². The number of piperidine rings is 3. The Kier molecular flexibility index (Phi) is 5.04. The van der Waals surface area contributed by atoms with Crippen molar-refractivity contribution in [2.24, 2.45) is 5.92 Å². The first-order valence-electron chi connectivity index (χ1n) is 8.34. The molecule has 3 aliphatic rings. The molecule has 3 aliphatic heterocycles. The van der Waals surface area contributed by atoms with Gasteiger partial charge in [-0.2, -0.15) is 0 Å². The zero-order valence-corrected chi connectivity index (χ0v) is 15.9. The molecule has 1 amide bonds. The lowest BCUT2D eigenvalue weighted by Crippen LogP contribution is -2.57. The number of halogens is 2. The largest absolute Gasteiger partial charge is 0.347 e. The highest BCUT2D eigenvalue weighted by Crippen LogP contribution is 2.35. The van der Waals surface area contributed by atoms with Gasteiger partial charge >= 0.3 is 0 Å². The minimum atomic E-state index is -0.421. The van der Waals surface area contributed by atoms with E-state index in [9.17, 15) is 9.18 Å². The topological polar surface area (TPSA) is 32.3 Å². The highest BCUT2D eigenvalue weighted by atomic mass is 35.5. The lowest BCUT2D eigenvalue weighted by atomic mass is 9.84. The van der Waals surface area contributed by atoms with Gasteiger partial charge in [0.1, 0.15) is 5.82 Å². The molecule has 3 nitrogen and oxygen atoms in total. The van der Waals surface area contributed by atoms with Gasteiger partial charge in [0.05, 0.1) is 14.1 Å². The number of nitrogens with one attached hydrogen (secondary N) is 1. The van der Waals surface area contributed by atoms with Crippen molar-refractivity contribution in [3.63, 3.8) is 0 Å². The molecule has 25 heavy (non-hydrogen) atoms. The molecule has 2 aromatic rings. The normalized spacial score (nSPS) is 25.1. The molecule has 0 aliphatic carbocycles. The summed E-state index contributed by atoms with van der Waals surface area (Å²) < 4.78 is 14.2. The molecule has 132 valence electrons. The second-order valence-corrected chi connectivity index (χ2v) is 9.38.